The predicted molar refractivity (Wildman–Crippen MR) is 117 cm³/mol. The third kappa shape index (κ3) is 4.42. The fraction of sp³-hybridized carbons (Fsp3) is 0.300. The second-order valence-electron chi connectivity index (χ2n) is 6.98. The molecule has 152 valence electrons. The highest BCUT2D eigenvalue weighted by Crippen LogP contribution is 2.37. The van der Waals surface area contributed by atoms with Crippen LogP contribution in [0.1, 0.15) is 19.3 Å². The number of nitrogens with one attached hydrogen (secondary N) is 1. The Kier molecular flexibility index (Phi) is 5.80. The minimum absolute atomic E-state index is 0.0816. The molecule has 4 rings (SSSR count). The number of nitrogen functional groups attached to an aromatic ring is 2. The van der Waals surface area contributed by atoms with Crippen LogP contribution in [0.5, 0.6) is 5.75 Å². The van der Waals surface area contributed by atoms with E-state index < -0.39 is 0 Å². The number of nitrogens with zero attached hydrogens (tertiary/aromatic N) is 3. The first-order valence-electron chi connectivity index (χ1n) is 9.45. The summed E-state index contributed by atoms with van der Waals surface area (Å²) in [6.45, 7) is 1.80. The molecule has 2 aromatic carbocycles. The lowest BCUT2D eigenvalue weighted by molar-refractivity contribution is 0.292. The van der Waals surface area contributed by atoms with E-state index in [1.807, 2.05) is 24.3 Å². The lowest BCUT2D eigenvalue weighted by atomic mass is 10.0. The van der Waals surface area contributed by atoms with Crippen molar-refractivity contribution in [3.8, 4) is 22.6 Å². The van der Waals surface area contributed by atoms with E-state index in [0.29, 0.717) is 28.4 Å². The number of hydrogen-bond acceptors (Lipinski definition) is 6. The molecule has 1 aliphatic rings. The number of benzene rings is 2. The van der Waals surface area contributed by atoms with Crippen molar-refractivity contribution in [2.24, 2.45) is 0 Å². The fourth-order valence-electron chi connectivity index (χ4n) is 3.53. The second kappa shape index (κ2) is 8.49. The van der Waals surface area contributed by atoms with Crippen LogP contribution in [0.3, 0.4) is 0 Å². The summed E-state index contributed by atoms with van der Waals surface area (Å²) in [5.41, 5.74) is 13.6. The zero-order valence-electron chi connectivity index (χ0n) is 15.7. The average Bonchev–Trinajstić information content (AvgIpc) is 3.31. The Bertz CT molecular complexity index is 976. The van der Waals surface area contributed by atoms with Gasteiger partial charge in [0, 0.05) is 11.6 Å². The van der Waals surface area contributed by atoms with Crippen LogP contribution < -0.4 is 21.5 Å². The van der Waals surface area contributed by atoms with Gasteiger partial charge in [0.25, 0.3) is 0 Å². The van der Waals surface area contributed by atoms with Crippen molar-refractivity contribution < 1.29 is 4.74 Å². The maximum absolute atomic E-state index is 6.52. The average molecular weight is 433 g/mol. The van der Waals surface area contributed by atoms with Crippen LogP contribution in [0.4, 0.5) is 11.9 Å². The summed E-state index contributed by atoms with van der Waals surface area (Å²) in [6, 6.07) is 11.8. The number of ether oxygens (including phenoxy) is 1. The van der Waals surface area contributed by atoms with Crippen molar-refractivity contribution in [3.63, 3.8) is 0 Å². The number of rotatable bonds is 6. The van der Waals surface area contributed by atoms with E-state index >= 15 is 0 Å². The van der Waals surface area contributed by atoms with Gasteiger partial charge in [0.1, 0.15) is 5.75 Å². The van der Waals surface area contributed by atoms with Gasteiger partial charge < -0.3 is 21.5 Å². The quantitative estimate of drug-likeness (QED) is 0.544. The third-order valence-corrected chi connectivity index (χ3v) is 5.56. The summed E-state index contributed by atoms with van der Waals surface area (Å²) in [5.74, 6) is 1.07. The van der Waals surface area contributed by atoms with Gasteiger partial charge in [-0.15, -0.1) is 5.10 Å². The molecule has 0 bridgehead atoms. The molecule has 0 amide bonds. The van der Waals surface area contributed by atoms with Gasteiger partial charge in [-0.3, -0.25) is 0 Å². The van der Waals surface area contributed by atoms with Crippen LogP contribution in [-0.4, -0.2) is 34.0 Å². The Morgan fingerprint density at radius 2 is 1.86 bits per heavy atom. The summed E-state index contributed by atoms with van der Waals surface area (Å²) in [6.07, 6.45) is 3.48. The SMILES string of the molecule is Nc1nc(N)n(-c2cc(Cl)c(-c3ccc(OCCC4CCCN4)cc3)c(Cl)c2)n1. The first-order chi connectivity index (χ1) is 14.0. The van der Waals surface area contributed by atoms with Crippen LogP contribution in [-0.2, 0) is 0 Å². The molecule has 29 heavy (non-hydrogen) atoms. The van der Waals surface area contributed by atoms with Crippen molar-refractivity contribution in [2.75, 3.05) is 24.6 Å². The van der Waals surface area contributed by atoms with Crippen LogP contribution in [0, 0.1) is 0 Å². The van der Waals surface area contributed by atoms with Crippen molar-refractivity contribution >= 4 is 35.1 Å². The molecular formula is C20H22Cl2N6O. The second-order valence-corrected chi connectivity index (χ2v) is 7.79. The summed E-state index contributed by atoms with van der Waals surface area (Å²) in [7, 11) is 0. The number of hydrogen-bond donors (Lipinski definition) is 3. The van der Waals surface area contributed by atoms with Gasteiger partial charge in [0.15, 0.2) is 0 Å². The van der Waals surface area contributed by atoms with E-state index in [4.69, 9.17) is 39.4 Å². The molecule has 3 aromatic rings. The first kappa shape index (κ1) is 19.8. The topological polar surface area (TPSA) is 104 Å². The van der Waals surface area contributed by atoms with Crippen LogP contribution in [0.2, 0.25) is 10.0 Å². The molecule has 0 aliphatic carbocycles. The van der Waals surface area contributed by atoms with E-state index in [1.54, 1.807) is 12.1 Å². The number of aromatic nitrogens is 3. The monoisotopic (exact) mass is 432 g/mol. The van der Waals surface area contributed by atoms with Gasteiger partial charge in [0.05, 0.1) is 22.3 Å². The van der Waals surface area contributed by atoms with Crippen molar-refractivity contribution in [1.82, 2.24) is 20.1 Å². The molecule has 9 heteroatoms. The van der Waals surface area contributed by atoms with E-state index in [9.17, 15) is 0 Å². The van der Waals surface area contributed by atoms with Crippen molar-refractivity contribution in [1.29, 1.82) is 0 Å². The molecule has 1 aromatic heterocycles. The van der Waals surface area contributed by atoms with Crippen LogP contribution in [0.15, 0.2) is 36.4 Å². The highest BCUT2D eigenvalue weighted by Gasteiger charge is 2.15. The van der Waals surface area contributed by atoms with Crippen LogP contribution >= 0.6 is 23.2 Å². The Labute approximate surface area is 179 Å². The molecule has 0 radical (unpaired) electrons. The number of nitrogens with two attached hydrogens (primary N) is 2. The van der Waals surface area contributed by atoms with Gasteiger partial charge in [0.2, 0.25) is 11.9 Å². The molecule has 2 heterocycles. The summed E-state index contributed by atoms with van der Waals surface area (Å²) in [4.78, 5) is 3.89. The fourth-order valence-corrected chi connectivity index (χ4v) is 4.22. The van der Waals surface area contributed by atoms with E-state index in [2.05, 4.69) is 15.4 Å². The molecule has 1 unspecified atom stereocenters. The van der Waals surface area contributed by atoms with Gasteiger partial charge in [-0.05, 0) is 55.6 Å². The minimum Gasteiger partial charge on any atom is -0.494 e. The Morgan fingerprint density at radius 3 is 2.45 bits per heavy atom. The van der Waals surface area contributed by atoms with Crippen LogP contribution in [0.25, 0.3) is 16.8 Å². The van der Waals surface area contributed by atoms with E-state index in [1.165, 1.54) is 17.5 Å². The molecule has 0 spiro atoms. The molecule has 0 saturated carbocycles. The van der Waals surface area contributed by atoms with Crippen molar-refractivity contribution in [2.45, 2.75) is 25.3 Å². The Hall–Kier alpha value is -2.48. The van der Waals surface area contributed by atoms with Gasteiger partial charge >= 0.3 is 0 Å². The standard InChI is InChI=1S/C20H22Cl2N6O/c21-16-10-14(28-20(24)26-19(23)27-28)11-17(22)18(16)12-3-5-15(6-4-12)29-9-7-13-2-1-8-25-13/h3-6,10-11,13,25H,1-2,7-9H2,(H4,23,24,26,27). The maximum Gasteiger partial charge on any atom is 0.241 e. The number of anilines is 2. The van der Waals surface area contributed by atoms with Gasteiger partial charge in [-0.25, -0.2) is 0 Å². The van der Waals surface area contributed by atoms with Gasteiger partial charge in [-0.2, -0.15) is 9.67 Å². The Balaban J connectivity index is 1.49. The minimum atomic E-state index is 0.0816. The first-order valence-corrected chi connectivity index (χ1v) is 10.2. The lowest BCUT2D eigenvalue weighted by Gasteiger charge is -2.13. The predicted octanol–water partition coefficient (Wildman–Crippen LogP) is 3.93. The molecule has 1 saturated heterocycles. The molecular weight excluding hydrogens is 411 g/mol. The lowest BCUT2D eigenvalue weighted by Crippen LogP contribution is -2.23. The summed E-state index contributed by atoms with van der Waals surface area (Å²) >= 11 is 13.0. The smallest absolute Gasteiger partial charge is 0.241 e. The number of halogens is 2. The van der Waals surface area contributed by atoms with E-state index in [0.717, 1.165) is 29.8 Å². The largest absolute Gasteiger partial charge is 0.494 e. The molecule has 1 fully saturated rings. The highest BCUT2D eigenvalue weighted by atomic mass is 35.5. The summed E-state index contributed by atoms with van der Waals surface area (Å²) in [5, 5.41) is 8.47. The molecule has 7 nitrogen and oxygen atoms in total. The van der Waals surface area contributed by atoms with E-state index in [-0.39, 0.29) is 11.9 Å². The third-order valence-electron chi connectivity index (χ3n) is 4.96. The van der Waals surface area contributed by atoms with Crippen molar-refractivity contribution in [3.05, 3.63) is 46.4 Å². The summed E-state index contributed by atoms with van der Waals surface area (Å²) < 4.78 is 7.26. The maximum atomic E-state index is 6.52. The molecule has 1 atom stereocenters. The zero-order chi connectivity index (χ0) is 20.4. The molecule has 5 N–H and O–H groups in total. The normalized spacial score (nSPS) is 16.3. The highest BCUT2D eigenvalue weighted by molar-refractivity contribution is 6.39. The Morgan fingerprint density at radius 1 is 1.14 bits per heavy atom. The zero-order valence-corrected chi connectivity index (χ0v) is 17.2. The van der Waals surface area contributed by atoms with Gasteiger partial charge in [-0.1, -0.05) is 35.3 Å². The molecule has 1 aliphatic heterocycles.